The van der Waals surface area contributed by atoms with Crippen molar-refractivity contribution in [3.05, 3.63) is 0 Å². The molecule has 0 aliphatic heterocycles. The zero-order valence-corrected chi connectivity index (χ0v) is 7.98. The summed E-state index contributed by atoms with van der Waals surface area (Å²) in [6.45, 7) is 9.23. The van der Waals surface area contributed by atoms with Crippen molar-refractivity contribution in [2.75, 3.05) is 0 Å². The molecule has 0 heteroatoms. The summed E-state index contributed by atoms with van der Waals surface area (Å²) in [6.07, 6.45) is 5.60. The fourth-order valence-electron chi connectivity index (χ4n) is 1.08. The summed E-state index contributed by atoms with van der Waals surface area (Å²) in [5, 5.41) is 0. The third-order valence-corrected chi connectivity index (χ3v) is 2.18. The minimum atomic E-state index is 0.893. The lowest BCUT2D eigenvalue weighted by molar-refractivity contribution is 0.449. The highest BCUT2D eigenvalue weighted by atomic mass is 14.0. The number of rotatable bonds is 5. The Labute approximate surface area is 66.0 Å². The summed E-state index contributed by atoms with van der Waals surface area (Å²) in [6, 6.07) is 0. The highest BCUT2D eigenvalue weighted by molar-refractivity contribution is 4.52. The van der Waals surface area contributed by atoms with E-state index in [4.69, 9.17) is 0 Å². The van der Waals surface area contributed by atoms with E-state index in [0.717, 1.165) is 11.8 Å². The first kappa shape index (κ1) is 10.0. The molecule has 0 aromatic rings. The molecule has 0 bridgehead atoms. The van der Waals surface area contributed by atoms with Crippen LogP contribution in [-0.4, -0.2) is 0 Å². The van der Waals surface area contributed by atoms with Gasteiger partial charge in [0.25, 0.3) is 0 Å². The minimum Gasteiger partial charge on any atom is -0.0651 e. The average Bonchev–Trinajstić information content (AvgIpc) is 1.87. The Bertz CT molecular complexity index is 64.4. The van der Waals surface area contributed by atoms with E-state index in [1.165, 1.54) is 25.7 Å². The molecule has 62 valence electrons. The molecule has 0 aromatic heterocycles. The minimum absolute atomic E-state index is 0.893. The van der Waals surface area contributed by atoms with E-state index in [2.05, 4.69) is 27.7 Å². The second-order valence-corrected chi connectivity index (χ2v) is 3.84. The van der Waals surface area contributed by atoms with Gasteiger partial charge in [-0.05, 0) is 11.8 Å². The van der Waals surface area contributed by atoms with Crippen molar-refractivity contribution in [2.24, 2.45) is 11.8 Å². The van der Waals surface area contributed by atoms with Crippen LogP contribution in [-0.2, 0) is 0 Å². The maximum Gasteiger partial charge on any atom is -0.0445 e. The van der Waals surface area contributed by atoms with Crippen molar-refractivity contribution < 1.29 is 0 Å². The Hall–Kier alpha value is 0. The largest absolute Gasteiger partial charge is 0.0651 e. The highest BCUT2D eigenvalue weighted by Crippen LogP contribution is 2.14. The van der Waals surface area contributed by atoms with Crippen LogP contribution in [0.1, 0.15) is 53.4 Å². The van der Waals surface area contributed by atoms with Gasteiger partial charge in [0.2, 0.25) is 0 Å². The van der Waals surface area contributed by atoms with Gasteiger partial charge in [-0.3, -0.25) is 0 Å². The Morgan fingerprint density at radius 3 is 2.00 bits per heavy atom. The Balaban J connectivity index is 3.03. The van der Waals surface area contributed by atoms with E-state index in [9.17, 15) is 0 Å². The van der Waals surface area contributed by atoms with E-state index < -0.39 is 0 Å². The Morgan fingerprint density at radius 2 is 1.60 bits per heavy atom. The summed E-state index contributed by atoms with van der Waals surface area (Å²) in [5.74, 6) is 1.84. The molecular formula is C10H22. The SMILES string of the molecule is CC[C@@H](C)CCCC(C)C. The second kappa shape index (κ2) is 5.76. The molecule has 0 spiro atoms. The van der Waals surface area contributed by atoms with Crippen molar-refractivity contribution in [3.63, 3.8) is 0 Å². The Kier molecular flexibility index (Phi) is 5.76. The van der Waals surface area contributed by atoms with Crippen LogP contribution in [0.4, 0.5) is 0 Å². The third kappa shape index (κ3) is 6.12. The van der Waals surface area contributed by atoms with E-state index in [0.29, 0.717) is 0 Å². The standard InChI is InChI=1S/C10H22/c1-5-10(4)8-6-7-9(2)3/h9-10H,5-8H2,1-4H3/t10-/m1/s1. The summed E-state index contributed by atoms with van der Waals surface area (Å²) < 4.78 is 0. The molecule has 0 nitrogen and oxygen atoms in total. The number of hydrogen-bond acceptors (Lipinski definition) is 0. The molecule has 0 aliphatic carbocycles. The molecule has 0 aliphatic rings. The molecule has 0 rings (SSSR count). The van der Waals surface area contributed by atoms with Gasteiger partial charge in [0, 0.05) is 0 Å². The van der Waals surface area contributed by atoms with Crippen LogP contribution in [0.25, 0.3) is 0 Å². The van der Waals surface area contributed by atoms with Gasteiger partial charge in [-0.1, -0.05) is 53.4 Å². The monoisotopic (exact) mass is 142 g/mol. The van der Waals surface area contributed by atoms with Gasteiger partial charge in [-0.2, -0.15) is 0 Å². The normalized spacial score (nSPS) is 14.1. The summed E-state index contributed by atoms with van der Waals surface area (Å²) in [5.41, 5.74) is 0. The summed E-state index contributed by atoms with van der Waals surface area (Å²) >= 11 is 0. The predicted octanol–water partition coefficient (Wildman–Crippen LogP) is 3.86. The predicted molar refractivity (Wildman–Crippen MR) is 48.1 cm³/mol. The fraction of sp³-hybridized carbons (Fsp3) is 1.00. The molecule has 1 atom stereocenters. The molecule has 0 heterocycles. The van der Waals surface area contributed by atoms with Crippen molar-refractivity contribution in [1.82, 2.24) is 0 Å². The van der Waals surface area contributed by atoms with Crippen LogP contribution in [0.3, 0.4) is 0 Å². The zero-order chi connectivity index (χ0) is 7.98. The van der Waals surface area contributed by atoms with Crippen molar-refractivity contribution >= 4 is 0 Å². The molecular weight excluding hydrogens is 120 g/mol. The topological polar surface area (TPSA) is 0 Å². The molecule has 0 amide bonds. The highest BCUT2D eigenvalue weighted by Gasteiger charge is 1.99. The average molecular weight is 142 g/mol. The third-order valence-electron chi connectivity index (χ3n) is 2.18. The zero-order valence-electron chi connectivity index (χ0n) is 7.98. The first-order chi connectivity index (χ1) is 4.66. The Morgan fingerprint density at radius 1 is 1.00 bits per heavy atom. The van der Waals surface area contributed by atoms with E-state index in [1.807, 2.05) is 0 Å². The van der Waals surface area contributed by atoms with Crippen LogP contribution in [0.5, 0.6) is 0 Å². The quantitative estimate of drug-likeness (QED) is 0.547. The summed E-state index contributed by atoms with van der Waals surface area (Å²) in [7, 11) is 0. The molecule has 0 N–H and O–H groups in total. The van der Waals surface area contributed by atoms with Crippen LogP contribution >= 0.6 is 0 Å². The first-order valence-electron chi connectivity index (χ1n) is 4.66. The lowest BCUT2D eigenvalue weighted by Gasteiger charge is -2.08. The molecule has 0 unspecified atom stereocenters. The fourth-order valence-corrected chi connectivity index (χ4v) is 1.08. The molecule has 0 saturated carbocycles. The van der Waals surface area contributed by atoms with Gasteiger partial charge in [-0.25, -0.2) is 0 Å². The van der Waals surface area contributed by atoms with Gasteiger partial charge < -0.3 is 0 Å². The maximum absolute atomic E-state index is 2.35. The van der Waals surface area contributed by atoms with Crippen LogP contribution in [0.2, 0.25) is 0 Å². The second-order valence-electron chi connectivity index (χ2n) is 3.84. The van der Waals surface area contributed by atoms with Crippen molar-refractivity contribution in [2.45, 2.75) is 53.4 Å². The van der Waals surface area contributed by atoms with Crippen LogP contribution < -0.4 is 0 Å². The van der Waals surface area contributed by atoms with E-state index in [1.54, 1.807) is 0 Å². The van der Waals surface area contributed by atoms with E-state index >= 15 is 0 Å². The molecule has 10 heavy (non-hydrogen) atoms. The van der Waals surface area contributed by atoms with Crippen LogP contribution in [0, 0.1) is 11.8 Å². The molecule has 0 aromatic carbocycles. The maximum atomic E-state index is 2.35. The lowest BCUT2D eigenvalue weighted by Crippen LogP contribution is -1.94. The van der Waals surface area contributed by atoms with Gasteiger partial charge in [0.15, 0.2) is 0 Å². The van der Waals surface area contributed by atoms with Gasteiger partial charge in [-0.15, -0.1) is 0 Å². The van der Waals surface area contributed by atoms with E-state index in [-0.39, 0.29) is 0 Å². The van der Waals surface area contributed by atoms with Gasteiger partial charge >= 0.3 is 0 Å². The lowest BCUT2D eigenvalue weighted by atomic mass is 9.98. The van der Waals surface area contributed by atoms with Crippen molar-refractivity contribution in [1.29, 1.82) is 0 Å². The molecule has 0 saturated heterocycles. The summed E-state index contributed by atoms with van der Waals surface area (Å²) in [4.78, 5) is 0. The first-order valence-corrected chi connectivity index (χ1v) is 4.66. The van der Waals surface area contributed by atoms with Crippen LogP contribution in [0.15, 0.2) is 0 Å². The smallest absolute Gasteiger partial charge is 0.0445 e. The number of hydrogen-bond donors (Lipinski definition) is 0. The van der Waals surface area contributed by atoms with Gasteiger partial charge in [0.05, 0.1) is 0 Å². The van der Waals surface area contributed by atoms with Gasteiger partial charge in [0.1, 0.15) is 0 Å². The van der Waals surface area contributed by atoms with Crippen molar-refractivity contribution in [3.8, 4) is 0 Å². The molecule has 0 fully saturated rings. The molecule has 0 radical (unpaired) electrons.